The van der Waals surface area contributed by atoms with Crippen molar-refractivity contribution in [3.63, 3.8) is 0 Å². The Labute approximate surface area is 160 Å². The number of piperazine rings is 1. The molecule has 1 aliphatic carbocycles. The Hall–Kier alpha value is -1.80. The van der Waals surface area contributed by atoms with Crippen molar-refractivity contribution in [2.75, 3.05) is 49.1 Å². The van der Waals surface area contributed by atoms with Crippen LogP contribution in [0.3, 0.4) is 0 Å². The SMILES string of the molecule is O=C(C[NH+]1CCN(c2ccc(O)cc2)CC1)N(C1CC1)[C@H]1CCS(=O)(=O)C1. The highest BCUT2D eigenvalue weighted by atomic mass is 32.2. The molecule has 0 unspecified atom stereocenters. The van der Waals surface area contributed by atoms with Crippen molar-refractivity contribution in [2.45, 2.75) is 31.3 Å². The molecule has 2 aliphatic heterocycles. The Morgan fingerprint density at radius 3 is 2.33 bits per heavy atom. The highest BCUT2D eigenvalue weighted by Crippen LogP contribution is 2.32. The third kappa shape index (κ3) is 4.38. The van der Waals surface area contributed by atoms with Crippen LogP contribution < -0.4 is 9.80 Å². The summed E-state index contributed by atoms with van der Waals surface area (Å²) in [5.41, 5.74) is 1.09. The van der Waals surface area contributed by atoms with Gasteiger partial charge in [-0.05, 0) is 43.5 Å². The van der Waals surface area contributed by atoms with E-state index in [4.69, 9.17) is 0 Å². The molecule has 0 spiro atoms. The zero-order valence-corrected chi connectivity index (χ0v) is 16.3. The first kappa shape index (κ1) is 18.6. The van der Waals surface area contributed by atoms with Gasteiger partial charge in [0.15, 0.2) is 16.4 Å². The highest BCUT2D eigenvalue weighted by Gasteiger charge is 2.43. The number of carbonyl (C=O) groups is 1. The van der Waals surface area contributed by atoms with Crippen LogP contribution in [0.15, 0.2) is 24.3 Å². The van der Waals surface area contributed by atoms with E-state index in [1.807, 2.05) is 17.0 Å². The largest absolute Gasteiger partial charge is 0.508 e. The van der Waals surface area contributed by atoms with E-state index in [1.165, 1.54) is 4.90 Å². The van der Waals surface area contributed by atoms with Crippen molar-refractivity contribution < 1.29 is 23.2 Å². The summed E-state index contributed by atoms with van der Waals surface area (Å²) in [7, 11) is -2.98. The number of nitrogens with zero attached hydrogens (tertiary/aromatic N) is 2. The first-order chi connectivity index (χ1) is 12.9. The van der Waals surface area contributed by atoms with Crippen LogP contribution in [-0.4, -0.2) is 80.6 Å². The topological polar surface area (TPSA) is 82.4 Å². The monoisotopic (exact) mass is 394 g/mol. The fraction of sp³-hybridized carbons (Fsp3) is 0.632. The standard InChI is InChI=1S/C19H27N3O4S/c23-18-5-3-15(4-6-18)21-10-8-20(9-11-21)13-19(24)22(16-1-2-16)17-7-12-27(25,26)14-17/h3-6,16-17,23H,1-2,7-14H2/p+1/t17-/m0/s1. The van der Waals surface area contributed by atoms with Gasteiger partial charge in [-0.3, -0.25) is 4.79 Å². The van der Waals surface area contributed by atoms with Crippen molar-refractivity contribution in [1.82, 2.24) is 4.90 Å². The number of rotatable bonds is 5. The molecule has 1 aromatic carbocycles. The van der Waals surface area contributed by atoms with E-state index in [9.17, 15) is 18.3 Å². The minimum Gasteiger partial charge on any atom is -0.508 e. The fourth-order valence-electron chi connectivity index (χ4n) is 4.28. The Morgan fingerprint density at radius 2 is 1.78 bits per heavy atom. The number of phenolic OH excluding ortho intramolecular Hbond substituents is 1. The van der Waals surface area contributed by atoms with Crippen LogP contribution >= 0.6 is 0 Å². The molecule has 2 N–H and O–H groups in total. The average Bonchev–Trinajstić information content (AvgIpc) is 3.39. The number of aromatic hydroxyl groups is 1. The van der Waals surface area contributed by atoms with Gasteiger partial charge in [-0.25, -0.2) is 8.42 Å². The van der Waals surface area contributed by atoms with Gasteiger partial charge >= 0.3 is 0 Å². The summed E-state index contributed by atoms with van der Waals surface area (Å²) in [4.78, 5) is 18.4. The molecular formula is C19H28N3O4S+. The maximum atomic E-state index is 12.9. The molecule has 1 aromatic rings. The number of amides is 1. The number of nitrogens with one attached hydrogen (secondary N) is 1. The molecule has 0 radical (unpaired) electrons. The molecule has 0 aromatic heterocycles. The summed E-state index contributed by atoms with van der Waals surface area (Å²) in [5, 5.41) is 9.42. The molecule has 8 heteroatoms. The van der Waals surface area contributed by atoms with Crippen molar-refractivity contribution in [2.24, 2.45) is 0 Å². The lowest BCUT2D eigenvalue weighted by molar-refractivity contribution is -0.892. The number of hydrogen-bond donors (Lipinski definition) is 2. The van der Waals surface area contributed by atoms with Crippen LogP contribution in [0.1, 0.15) is 19.3 Å². The number of sulfone groups is 1. The first-order valence-electron chi connectivity index (χ1n) is 9.80. The van der Waals surface area contributed by atoms with Gasteiger partial charge in [0.05, 0.1) is 37.7 Å². The molecule has 1 saturated carbocycles. The van der Waals surface area contributed by atoms with Gasteiger partial charge < -0.3 is 19.8 Å². The molecule has 7 nitrogen and oxygen atoms in total. The van der Waals surface area contributed by atoms with Gasteiger partial charge in [0.2, 0.25) is 0 Å². The van der Waals surface area contributed by atoms with E-state index < -0.39 is 9.84 Å². The lowest BCUT2D eigenvalue weighted by Gasteiger charge is -2.35. The predicted molar refractivity (Wildman–Crippen MR) is 103 cm³/mol. The molecule has 27 heavy (non-hydrogen) atoms. The molecular weight excluding hydrogens is 366 g/mol. The molecule has 2 saturated heterocycles. The van der Waals surface area contributed by atoms with Crippen molar-refractivity contribution in [3.8, 4) is 5.75 Å². The van der Waals surface area contributed by atoms with Crippen molar-refractivity contribution in [1.29, 1.82) is 0 Å². The summed E-state index contributed by atoms with van der Waals surface area (Å²) in [6, 6.07) is 7.37. The lowest BCUT2D eigenvalue weighted by Crippen LogP contribution is -3.16. The predicted octanol–water partition coefficient (Wildman–Crippen LogP) is -0.725. The number of anilines is 1. The van der Waals surface area contributed by atoms with E-state index in [-0.39, 0.29) is 35.2 Å². The molecule has 1 amide bonds. The van der Waals surface area contributed by atoms with Crippen molar-refractivity contribution in [3.05, 3.63) is 24.3 Å². The summed E-state index contributed by atoms with van der Waals surface area (Å²) < 4.78 is 23.7. The molecule has 148 valence electrons. The Bertz CT molecular complexity index is 784. The maximum absolute atomic E-state index is 12.9. The van der Waals surface area contributed by atoms with Crippen LogP contribution in [0.25, 0.3) is 0 Å². The summed E-state index contributed by atoms with van der Waals surface area (Å²) in [6.45, 7) is 3.96. The van der Waals surface area contributed by atoms with E-state index in [0.717, 1.165) is 44.7 Å². The second-order valence-corrected chi connectivity index (χ2v) is 10.2. The molecule has 1 atom stereocenters. The molecule has 0 bridgehead atoms. The fourth-order valence-corrected chi connectivity index (χ4v) is 5.99. The third-order valence-electron chi connectivity index (χ3n) is 5.92. The highest BCUT2D eigenvalue weighted by molar-refractivity contribution is 7.91. The number of benzene rings is 1. The van der Waals surface area contributed by atoms with Gasteiger partial charge in [-0.15, -0.1) is 0 Å². The van der Waals surface area contributed by atoms with Crippen LogP contribution in [-0.2, 0) is 14.6 Å². The Balaban J connectivity index is 1.32. The number of quaternary nitrogens is 1. The van der Waals surface area contributed by atoms with Gasteiger partial charge in [0.1, 0.15) is 5.75 Å². The van der Waals surface area contributed by atoms with E-state index in [1.54, 1.807) is 12.1 Å². The summed E-state index contributed by atoms with van der Waals surface area (Å²) in [5.74, 6) is 0.737. The minimum absolute atomic E-state index is 0.118. The quantitative estimate of drug-likeness (QED) is 0.689. The van der Waals surface area contributed by atoms with E-state index in [0.29, 0.717) is 13.0 Å². The van der Waals surface area contributed by atoms with Gasteiger partial charge in [0, 0.05) is 17.8 Å². The lowest BCUT2D eigenvalue weighted by atomic mass is 10.2. The van der Waals surface area contributed by atoms with Crippen LogP contribution in [0.5, 0.6) is 5.75 Å². The Morgan fingerprint density at radius 1 is 1.11 bits per heavy atom. The molecule has 3 aliphatic rings. The zero-order chi connectivity index (χ0) is 19.0. The molecule has 3 fully saturated rings. The van der Waals surface area contributed by atoms with Crippen LogP contribution in [0.4, 0.5) is 5.69 Å². The van der Waals surface area contributed by atoms with E-state index in [2.05, 4.69) is 4.90 Å². The smallest absolute Gasteiger partial charge is 0.278 e. The minimum atomic E-state index is -2.98. The number of hydrogen-bond acceptors (Lipinski definition) is 5. The summed E-state index contributed by atoms with van der Waals surface area (Å²) in [6.07, 6.45) is 2.60. The second kappa shape index (κ2) is 7.31. The third-order valence-corrected chi connectivity index (χ3v) is 7.67. The average molecular weight is 395 g/mol. The van der Waals surface area contributed by atoms with Gasteiger partial charge in [-0.1, -0.05) is 0 Å². The van der Waals surface area contributed by atoms with Crippen LogP contribution in [0.2, 0.25) is 0 Å². The van der Waals surface area contributed by atoms with Crippen molar-refractivity contribution >= 4 is 21.4 Å². The number of phenols is 1. The molecule has 2 heterocycles. The zero-order valence-electron chi connectivity index (χ0n) is 15.5. The first-order valence-corrected chi connectivity index (χ1v) is 11.6. The molecule has 4 rings (SSSR count). The van der Waals surface area contributed by atoms with E-state index >= 15 is 0 Å². The van der Waals surface area contributed by atoms with Gasteiger partial charge in [-0.2, -0.15) is 0 Å². The normalized spacial score (nSPS) is 25.5. The summed E-state index contributed by atoms with van der Waals surface area (Å²) >= 11 is 0. The Kier molecular flexibility index (Phi) is 5.03. The van der Waals surface area contributed by atoms with Gasteiger partial charge in [0.25, 0.3) is 5.91 Å². The van der Waals surface area contributed by atoms with Crippen LogP contribution in [0, 0.1) is 0 Å². The maximum Gasteiger partial charge on any atom is 0.278 e. The number of carbonyl (C=O) groups excluding carboxylic acids is 1. The second-order valence-electron chi connectivity index (χ2n) is 8.02.